The van der Waals surface area contributed by atoms with Crippen LogP contribution >= 0.6 is 12.4 Å². The number of primary amides is 1. The summed E-state index contributed by atoms with van der Waals surface area (Å²) < 4.78 is 28.2. The van der Waals surface area contributed by atoms with Crippen LogP contribution in [0.4, 0.5) is 0 Å². The van der Waals surface area contributed by atoms with E-state index in [4.69, 9.17) is 5.73 Å². The normalized spacial score (nSPS) is 18.4. The minimum atomic E-state index is -3.59. The highest BCUT2D eigenvalue weighted by atomic mass is 35.5. The summed E-state index contributed by atoms with van der Waals surface area (Å²) in [6, 6.07) is 1.29. The first-order valence-electron chi connectivity index (χ1n) is 6.56. The van der Waals surface area contributed by atoms with Gasteiger partial charge in [-0.2, -0.15) is 0 Å². The number of rotatable bonds is 6. The molecule has 1 atom stereocenters. The molecule has 0 aliphatic carbocycles. The average Bonchev–Trinajstić information content (AvgIpc) is 2.98. The molecular weight excluding hydrogens is 316 g/mol. The zero-order valence-corrected chi connectivity index (χ0v) is 13.5. The molecule has 1 fully saturated rings. The highest BCUT2D eigenvalue weighted by molar-refractivity contribution is 7.89. The molecule has 2 heterocycles. The molecule has 0 radical (unpaired) electrons. The van der Waals surface area contributed by atoms with Crippen LogP contribution in [0.2, 0.25) is 0 Å². The van der Waals surface area contributed by atoms with E-state index in [-0.39, 0.29) is 23.0 Å². The monoisotopic (exact) mass is 336 g/mol. The van der Waals surface area contributed by atoms with Gasteiger partial charge in [-0.25, -0.2) is 13.1 Å². The molecule has 1 aliphatic heterocycles. The van der Waals surface area contributed by atoms with Crippen LogP contribution in [0.5, 0.6) is 0 Å². The van der Waals surface area contributed by atoms with Gasteiger partial charge < -0.3 is 15.6 Å². The van der Waals surface area contributed by atoms with E-state index >= 15 is 0 Å². The van der Waals surface area contributed by atoms with Crippen LogP contribution in [-0.2, 0) is 17.1 Å². The standard InChI is InChI=1S/C12H20N4O3S.ClH/c1-16-8-10(6-11(16)12(13)17)20(18,19)15-5-3-9-2-4-14-7-9;/h6,8-9,14-15H,2-5,7H2,1H3,(H2,13,17);1H. The molecule has 0 spiro atoms. The van der Waals surface area contributed by atoms with Crippen molar-refractivity contribution >= 4 is 28.3 Å². The van der Waals surface area contributed by atoms with E-state index in [1.165, 1.54) is 16.8 Å². The SMILES string of the molecule is Cl.Cn1cc(S(=O)(=O)NCCC2CCNC2)cc1C(N)=O. The highest BCUT2D eigenvalue weighted by Crippen LogP contribution is 2.14. The third kappa shape index (κ3) is 4.44. The Morgan fingerprint density at radius 3 is 2.81 bits per heavy atom. The number of carbonyl (C=O) groups is 1. The first kappa shape index (κ1) is 18.0. The number of hydrogen-bond acceptors (Lipinski definition) is 4. The summed E-state index contributed by atoms with van der Waals surface area (Å²) in [4.78, 5) is 11.2. The number of nitrogens with zero attached hydrogens (tertiary/aromatic N) is 1. The lowest BCUT2D eigenvalue weighted by molar-refractivity contribution is 0.0992. The van der Waals surface area contributed by atoms with Crippen molar-refractivity contribution < 1.29 is 13.2 Å². The lowest BCUT2D eigenvalue weighted by atomic mass is 10.1. The number of hydrogen-bond donors (Lipinski definition) is 3. The van der Waals surface area contributed by atoms with Gasteiger partial charge in [0.1, 0.15) is 10.6 Å². The molecule has 120 valence electrons. The molecule has 1 aliphatic rings. The lowest BCUT2D eigenvalue weighted by Gasteiger charge is -2.09. The van der Waals surface area contributed by atoms with Crippen LogP contribution < -0.4 is 15.8 Å². The van der Waals surface area contributed by atoms with E-state index in [9.17, 15) is 13.2 Å². The van der Waals surface area contributed by atoms with Gasteiger partial charge in [0.2, 0.25) is 10.0 Å². The largest absolute Gasteiger partial charge is 0.364 e. The molecule has 1 saturated heterocycles. The van der Waals surface area contributed by atoms with Crippen molar-refractivity contribution in [3.8, 4) is 0 Å². The van der Waals surface area contributed by atoms with E-state index in [1.807, 2.05) is 0 Å². The fraction of sp³-hybridized carbons (Fsp3) is 0.583. The summed E-state index contributed by atoms with van der Waals surface area (Å²) in [5, 5.41) is 3.24. The van der Waals surface area contributed by atoms with Crippen molar-refractivity contribution in [3.63, 3.8) is 0 Å². The number of amides is 1. The minimum absolute atomic E-state index is 0. The Labute approximate surface area is 130 Å². The molecular formula is C12H21ClN4O3S. The number of aromatic nitrogens is 1. The third-order valence-corrected chi connectivity index (χ3v) is 4.98. The summed E-state index contributed by atoms with van der Waals surface area (Å²) in [5.41, 5.74) is 5.34. The maximum Gasteiger partial charge on any atom is 0.265 e. The zero-order valence-electron chi connectivity index (χ0n) is 11.8. The van der Waals surface area contributed by atoms with Crippen molar-refractivity contribution in [1.82, 2.24) is 14.6 Å². The highest BCUT2D eigenvalue weighted by Gasteiger charge is 2.20. The smallest absolute Gasteiger partial charge is 0.265 e. The maximum atomic E-state index is 12.1. The maximum absolute atomic E-state index is 12.1. The van der Waals surface area contributed by atoms with E-state index in [0.29, 0.717) is 12.5 Å². The van der Waals surface area contributed by atoms with Gasteiger partial charge in [0.15, 0.2) is 0 Å². The van der Waals surface area contributed by atoms with Crippen molar-refractivity contribution in [1.29, 1.82) is 0 Å². The predicted octanol–water partition coefficient (Wildman–Crippen LogP) is -0.176. The van der Waals surface area contributed by atoms with Gasteiger partial charge in [-0.15, -0.1) is 12.4 Å². The minimum Gasteiger partial charge on any atom is -0.364 e. The molecule has 7 nitrogen and oxygen atoms in total. The van der Waals surface area contributed by atoms with Crippen molar-refractivity contribution in [3.05, 3.63) is 18.0 Å². The van der Waals surface area contributed by atoms with Gasteiger partial charge in [-0.1, -0.05) is 0 Å². The van der Waals surface area contributed by atoms with Crippen molar-refractivity contribution in [2.75, 3.05) is 19.6 Å². The second-order valence-corrected chi connectivity index (χ2v) is 6.85. The van der Waals surface area contributed by atoms with Gasteiger partial charge in [0.05, 0.1) is 0 Å². The number of sulfonamides is 1. The van der Waals surface area contributed by atoms with Crippen LogP contribution in [0, 0.1) is 5.92 Å². The molecule has 0 bridgehead atoms. The van der Waals surface area contributed by atoms with Crippen LogP contribution in [0.15, 0.2) is 17.2 Å². The van der Waals surface area contributed by atoms with Gasteiger partial charge in [0, 0.05) is 19.8 Å². The zero-order chi connectivity index (χ0) is 14.8. The Bertz CT molecular complexity index is 594. The molecule has 21 heavy (non-hydrogen) atoms. The van der Waals surface area contributed by atoms with Gasteiger partial charge >= 0.3 is 0 Å². The Morgan fingerprint density at radius 1 is 1.57 bits per heavy atom. The molecule has 9 heteroatoms. The summed E-state index contributed by atoms with van der Waals surface area (Å²) in [6.07, 6.45) is 3.28. The van der Waals surface area contributed by atoms with Gasteiger partial charge in [-0.3, -0.25) is 4.79 Å². The number of nitrogens with one attached hydrogen (secondary N) is 2. The molecule has 1 unspecified atom stereocenters. The van der Waals surface area contributed by atoms with Crippen molar-refractivity contribution in [2.24, 2.45) is 18.7 Å². The Kier molecular flexibility index (Phi) is 6.21. The quantitative estimate of drug-likeness (QED) is 0.670. The van der Waals surface area contributed by atoms with Crippen LogP contribution in [0.3, 0.4) is 0 Å². The van der Waals surface area contributed by atoms with Gasteiger partial charge in [-0.05, 0) is 37.9 Å². The first-order valence-corrected chi connectivity index (χ1v) is 8.05. The first-order chi connectivity index (χ1) is 9.40. The molecule has 1 aromatic heterocycles. The molecule has 1 amide bonds. The van der Waals surface area contributed by atoms with Crippen molar-refractivity contribution in [2.45, 2.75) is 17.7 Å². The lowest BCUT2D eigenvalue weighted by Crippen LogP contribution is -2.26. The molecule has 0 aromatic carbocycles. The molecule has 1 aromatic rings. The fourth-order valence-corrected chi connectivity index (χ4v) is 3.48. The number of aryl methyl sites for hydroxylation is 1. The van der Waals surface area contributed by atoms with E-state index in [2.05, 4.69) is 10.0 Å². The second kappa shape index (κ2) is 7.26. The third-order valence-electron chi connectivity index (χ3n) is 3.55. The van der Waals surface area contributed by atoms with Gasteiger partial charge in [0.25, 0.3) is 5.91 Å². The molecule has 2 rings (SSSR count). The summed E-state index contributed by atoms with van der Waals surface area (Å²) in [5.74, 6) is -0.124. The summed E-state index contributed by atoms with van der Waals surface area (Å²) in [6.45, 7) is 2.34. The summed E-state index contributed by atoms with van der Waals surface area (Å²) in [7, 11) is -2.00. The van der Waals surface area contributed by atoms with E-state index < -0.39 is 15.9 Å². The van der Waals surface area contributed by atoms with E-state index in [1.54, 1.807) is 7.05 Å². The van der Waals surface area contributed by atoms with Crippen LogP contribution in [-0.4, -0.2) is 38.5 Å². The number of carbonyl (C=O) groups excluding carboxylic acids is 1. The Morgan fingerprint density at radius 2 is 2.29 bits per heavy atom. The van der Waals surface area contributed by atoms with E-state index in [0.717, 1.165) is 25.9 Å². The molecule has 4 N–H and O–H groups in total. The topological polar surface area (TPSA) is 106 Å². The number of nitrogens with two attached hydrogens (primary N) is 1. The van der Waals surface area contributed by atoms with Crippen LogP contribution in [0.1, 0.15) is 23.3 Å². The molecule has 0 saturated carbocycles. The predicted molar refractivity (Wildman–Crippen MR) is 82.0 cm³/mol. The Balaban J connectivity index is 0.00000220. The summed E-state index contributed by atoms with van der Waals surface area (Å²) >= 11 is 0. The number of halogens is 1. The fourth-order valence-electron chi connectivity index (χ4n) is 2.37. The second-order valence-electron chi connectivity index (χ2n) is 5.08. The average molecular weight is 337 g/mol. The van der Waals surface area contributed by atoms with Crippen LogP contribution in [0.25, 0.3) is 0 Å². The Hall–Kier alpha value is -1.09.